The van der Waals surface area contributed by atoms with Crippen LogP contribution in [0.4, 0.5) is 23.3 Å². The minimum absolute atomic E-state index is 0.414. The first-order valence-corrected chi connectivity index (χ1v) is 10.5. The Morgan fingerprint density at radius 1 is 1.07 bits per heavy atom. The van der Waals surface area contributed by atoms with E-state index in [4.69, 9.17) is 15.2 Å². The van der Waals surface area contributed by atoms with Crippen LogP contribution < -0.4 is 10.6 Å². The highest BCUT2D eigenvalue weighted by Gasteiger charge is 2.19. The third-order valence-electron chi connectivity index (χ3n) is 4.88. The van der Waals surface area contributed by atoms with Crippen molar-refractivity contribution in [1.82, 2.24) is 15.0 Å². The lowest BCUT2D eigenvalue weighted by Gasteiger charge is -2.20. The lowest BCUT2D eigenvalue weighted by atomic mass is 9.96. The minimum Gasteiger partial charge on any atom is -0.324 e. The summed E-state index contributed by atoms with van der Waals surface area (Å²) in [6, 6.07) is 9.98. The van der Waals surface area contributed by atoms with Crippen molar-refractivity contribution >= 4 is 34.6 Å². The van der Waals surface area contributed by atoms with Crippen LogP contribution in [0.25, 0.3) is 0 Å². The summed E-state index contributed by atoms with van der Waals surface area (Å²) in [4.78, 5) is 15.2. The van der Waals surface area contributed by atoms with Gasteiger partial charge in [-0.2, -0.15) is 10.2 Å². The number of hydrogen-bond acceptors (Lipinski definition) is 7. The Morgan fingerprint density at radius 2 is 1.89 bits per heavy atom. The number of thiazole rings is 1. The highest BCUT2D eigenvalue weighted by Crippen LogP contribution is 2.31. The van der Waals surface area contributed by atoms with Gasteiger partial charge in [-0.25, -0.2) is 9.97 Å². The third kappa shape index (κ3) is 3.97. The van der Waals surface area contributed by atoms with Crippen LogP contribution in [0.5, 0.6) is 0 Å². The fourth-order valence-corrected chi connectivity index (χ4v) is 4.08. The van der Waals surface area contributed by atoms with Crippen molar-refractivity contribution in [2.24, 2.45) is 0 Å². The molecule has 0 atom stereocenters. The molecule has 0 bridgehead atoms. The highest BCUT2D eigenvalue weighted by molar-refractivity contribution is 7.10. The largest absolute Gasteiger partial charge is 0.324 e. The summed E-state index contributed by atoms with van der Waals surface area (Å²) in [6.45, 7) is 2.14. The number of nitriles is 1. The van der Waals surface area contributed by atoms with E-state index in [9.17, 15) is 0 Å². The van der Waals surface area contributed by atoms with Gasteiger partial charge in [0.1, 0.15) is 11.6 Å². The van der Waals surface area contributed by atoms with Gasteiger partial charge in [0.25, 0.3) is 0 Å². The molecule has 2 aromatic heterocycles. The molecule has 1 aromatic carbocycles. The van der Waals surface area contributed by atoms with Gasteiger partial charge < -0.3 is 10.6 Å². The molecular formula is C21H22N6S. The Morgan fingerprint density at radius 3 is 2.68 bits per heavy atom. The van der Waals surface area contributed by atoms with Crippen molar-refractivity contribution < 1.29 is 0 Å². The Kier molecular flexibility index (Phi) is 5.49. The quantitative estimate of drug-likeness (QED) is 0.621. The third-order valence-corrected chi connectivity index (χ3v) is 5.85. The van der Waals surface area contributed by atoms with Gasteiger partial charge in [-0.1, -0.05) is 19.1 Å². The summed E-state index contributed by atoms with van der Waals surface area (Å²) in [6.07, 6.45) is 5.64. The number of rotatable bonds is 6. The van der Waals surface area contributed by atoms with Crippen LogP contribution in [-0.2, 0) is 25.7 Å². The normalized spacial score (nSPS) is 12.9. The predicted octanol–water partition coefficient (Wildman–Crippen LogP) is 4.93. The smallest absolute Gasteiger partial charge is 0.229 e. The number of benzene rings is 1. The molecule has 0 unspecified atom stereocenters. The summed E-state index contributed by atoms with van der Waals surface area (Å²) in [5, 5.41) is 15.6. The fraction of sp³-hybridized carbons (Fsp3) is 0.333. The maximum atomic E-state index is 8.81. The molecule has 4 rings (SSSR count). The zero-order valence-electron chi connectivity index (χ0n) is 15.8. The van der Waals surface area contributed by atoms with E-state index in [0.717, 1.165) is 60.7 Å². The van der Waals surface area contributed by atoms with Crippen LogP contribution in [0.3, 0.4) is 0 Å². The SMILES string of the molecule is CCc1scnc1Nc1nc(Nc2ccc(CC#N)cc2)nc2c1CCCC2. The van der Waals surface area contributed by atoms with E-state index in [1.165, 1.54) is 10.4 Å². The van der Waals surface area contributed by atoms with E-state index < -0.39 is 0 Å². The van der Waals surface area contributed by atoms with Gasteiger partial charge in [-0.15, -0.1) is 11.3 Å². The molecule has 7 heteroatoms. The Bertz CT molecular complexity index is 1000. The van der Waals surface area contributed by atoms with Gasteiger partial charge in [0.15, 0.2) is 0 Å². The zero-order valence-corrected chi connectivity index (χ0v) is 16.6. The first-order chi connectivity index (χ1) is 13.8. The monoisotopic (exact) mass is 390 g/mol. The second-order valence-corrected chi connectivity index (χ2v) is 7.73. The van der Waals surface area contributed by atoms with Crippen LogP contribution in [0.15, 0.2) is 29.8 Å². The van der Waals surface area contributed by atoms with Gasteiger partial charge in [0, 0.05) is 16.1 Å². The second kappa shape index (κ2) is 8.36. The van der Waals surface area contributed by atoms with Crippen molar-refractivity contribution in [2.45, 2.75) is 45.4 Å². The Labute approximate surface area is 168 Å². The topological polar surface area (TPSA) is 86.5 Å². The summed E-state index contributed by atoms with van der Waals surface area (Å²) in [5.41, 5.74) is 6.09. The molecule has 28 heavy (non-hydrogen) atoms. The van der Waals surface area contributed by atoms with Crippen molar-refractivity contribution in [3.05, 3.63) is 51.5 Å². The number of anilines is 4. The van der Waals surface area contributed by atoms with Gasteiger partial charge in [-0.3, -0.25) is 0 Å². The lowest BCUT2D eigenvalue weighted by molar-refractivity contribution is 0.665. The molecular weight excluding hydrogens is 368 g/mol. The summed E-state index contributed by atoms with van der Waals surface area (Å²) < 4.78 is 0. The van der Waals surface area contributed by atoms with Crippen molar-refractivity contribution in [2.75, 3.05) is 10.6 Å². The van der Waals surface area contributed by atoms with E-state index in [1.807, 2.05) is 29.8 Å². The average Bonchev–Trinajstić information content (AvgIpc) is 3.17. The maximum Gasteiger partial charge on any atom is 0.229 e. The average molecular weight is 391 g/mol. The first kappa shape index (κ1) is 18.4. The molecule has 0 saturated heterocycles. The van der Waals surface area contributed by atoms with E-state index in [0.29, 0.717) is 12.4 Å². The predicted molar refractivity (Wildman–Crippen MR) is 112 cm³/mol. The molecule has 1 aliphatic rings. The molecule has 2 N–H and O–H groups in total. The van der Waals surface area contributed by atoms with Gasteiger partial charge in [0.2, 0.25) is 5.95 Å². The second-order valence-electron chi connectivity index (χ2n) is 6.79. The number of hydrogen-bond donors (Lipinski definition) is 2. The lowest BCUT2D eigenvalue weighted by Crippen LogP contribution is -2.13. The molecule has 0 saturated carbocycles. The molecule has 0 amide bonds. The van der Waals surface area contributed by atoms with Crippen LogP contribution in [-0.4, -0.2) is 15.0 Å². The molecule has 0 spiro atoms. The van der Waals surface area contributed by atoms with Crippen molar-refractivity contribution in [3.63, 3.8) is 0 Å². The molecule has 0 fully saturated rings. The van der Waals surface area contributed by atoms with Gasteiger partial charge in [-0.05, 0) is 49.8 Å². The molecule has 3 aromatic rings. The maximum absolute atomic E-state index is 8.81. The van der Waals surface area contributed by atoms with Crippen molar-refractivity contribution in [1.29, 1.82) is 5.26 Å². The van der Waals surface area contributed by atoms with E-state index in [2.05, 4.69) is 28.6 Å². The molecule has 0 aliphatic heterocycles. The fourth-order valence-electron chi connectivity index (χ4n) is 3.42. The summed E-state index contributed by atoms with van der Waals surface area (Å²) >= 11 is 1.66. The molecule has 142 valence electrons. The molecule has 6 nitrogen and oxygen atoms in total. The Balaban J connectivity index is 1.63. The standard InChI is InChI=1S/C21H22N6S/c1-2-18-20(23-13-28-18)26-19-16-5-3-4-6-17(16)25-21(27-19)24-15-9-7-14(8-10-15)11-12-22/h7-10,13H,2-6,11H2,1H3,(H2,24,25,26,27). The molecule has 1 aliphatic carbocycles. The Hall–Kier alpha value is -2.98. The molecule has 0 radical (unpaired) electrons. The van der Waals surface area contributed by atoms with Crippen LogP contribution in [0, 0.1) is 11.3 Å². The van der Waals surface area contributed by atoms with Gasteiger partial charge in [0.05, 0.1) is 23.7 Å². The number of fused-ring (bicyclic) bond motifs is 1. The first-order valence-electron chi connectivity index (χ1n) is 9.59. The van der Waals surface area contributed by atoms with Crippen molar-refractivity contribution in [3.8, 4) is 6.07 Å². The highest BCUT2D eigenvalue weighted by atomic mass is 32.1. The summed E-state index contributed by atoms with van der Waals surface area (Å²) in [5.74, 6) is 2.34. The minimum atomic E-state index is 0.414. The van der Waals surface area contributed by atoms with E-state index in [-0.39, 0.29) is 0 Å². The van der Waals surface area contributed by atoms with Crippen LogP contribution >= 0.6 is 11.3 Å². The zero-order chi connectivity index (χ0) is 19.3. The molecule has 2 heterocycles. The van der Waals surface area contributed by atoms with E-state index in [1.54, 1.807) is 11.3 Å². The van der Waals surface area contributed by atoms with Crippen LogP contribution in [0.1, 0.15) is 41.5 Å². The van der Waals surface area contributed by atoms with Gasteiger partial charge >= 0.3 is 0 Å². The number of nitrogens with zero attached hydrogens (tertiary/aromatic N) is 4. The van der Waals surface area contributed by atoms with Crippen LogP contribution in [0.2, 0.25) is 0 Å². The number of aromatic nitrogens is 3. The number of aryl methyl sites for hydroxylation is 2. The van der Waals surface area contributed by atoms with E-state index >= 15 is 0 Å². The summed E-state index contributed by atoms with van der Waals surface area (Å²) in [7, 11) is 0. The number of nitrogens with one attached hydrogen (secondary N) is 2.